The van der Waals surface area contributed by atoms with Gasteiger partial charge in [0, 0.05) is 23.4 Å². The third-order valence-electron chi connectivity index (χ3n) is 3.51. The van der Waals surface area contributed by atoms with Gasteiger partial charge in [-0.2, -0.15) is 0 Å². The van der Waals surface area contributed by atoms with Crippen LogP contribution in [0, 0.1) is 6.92 Å². The molecule has 0 radical (unpaired) electrons. The minimum Gasteiger partial charge on any atom is -0.507 e. The number of phenols is 1. The summed E-state index contributed by atoms with van der Waals surface area (Å²) >= 11 is 0. The molecule has 0 unspecified atom stereocenters. The van der Waals surface area contributed by atoms with E-state index in [2.05, 4.69) is 11.9 Å². The predicted octanol–water partition coefficient (Wildman–Crippen LogP) is 2.69. The smallest absolute Gasteiger partial charge is 0.412 e. The first-order valence-electron chi connectivity index (χ1n) is 8.07. The van der Waals surface area contributed by atoms with E-state index in [1.54, 1.807) is 37.3 Å². The minimum atomic E-state index is -0.620. The second-order valence-electron chi connectivity index (χ2n) is 5.39. The molecule has 0 aliphatic rings. The largest absolute Gasteiger partial charge is 0.507 e. The number of aromatic hydroxyl groups is 1. The van der Waals surface area contributed by atoms with Crippen LogP contribution in [-0.2, 0) is 14.3 Å². The number of nitrogens with one attached hydrogen (secondary N) is 1. The monoisotopic (exact) mass is 359 g/mol. The molecule has 2 N–H and O–H groups in total. The molecule has 2 aromatic carbocycles. The number of phenolic OH excluding ortho intramolecular Hbond substituents is 1. The molecule has 0 saturated carbocycles. The fourth-order valence-corrected chi connectivity index (χ4v) is 2.32. The lowest BCUT2D eigenvalue weighted by Gasteiger charge is -2.13. The highest BCUT2D eigenvalue weighted by atomic mass is 16.6. The average molecular weight is 359 g/mol. The number of carbonyl (C=O) groups excluding carboxylic acids is 2. The Morgan fingerprint density at radius 1 is 1.19 bits per heavy atom. The molecule has 0 aromatic heterocycles. The van der Waals surface area contributed by atoms with Crippen LogP contribution in [0.2, 0.25) is 0 Å². The Hall–Kier alpha value is -3.06. The van der Waals surface area contributed by atoms with Crippen LogP contribution in [-0.4, -0.2) is 43.5 Å². The lowest BCUT2D eigenvalue weighted by Crippen LogP contribution is -2.30. The number of hydrogen-bond acceptors (Lipinski definition) is 6. The first-order valence-corrected chi connectivity index (χ1v) is 8.07. The fourth-order valence-electron chi connectivity index (χ4n) is 2.32. The van der Waals surface area contributed by atoms with Crippen molar-refractivity contribution in [2.75, 3.05) is 26.4 Å². The molecule has 7 heteroatoms. The number of esters is 1. The van der Waals surface area contributed by atoms with Crippen LogP contribution in [0.1, 0.15) is 5.56 Å². The molecule has 2 aromatic rings. The van der Waals surface area contributed by atoms with E-state index in [1.165, 1.54) is 0 Å². The van der Waals surface area contributed by atoms with Crippen molar-refractivity contribution in [3.63, 3.8) is 0 Å². The molecule has 0 heterocycles. The van der Waals surface area contributed by atoms with Gasteiger partial charge in [0.15, 0.2) is 0 Å². The summed E-state index contributed by atoms with van der Waals surface area (Å²) in [5.41, 5.74) is 0.650. The van der Waals surface area contributed by atoms with Crippen molar-refractivity contribution in [3.05, 3.63) is 48.6 Å². The van der Waals surface area contributed by atoms with E-state index in [9.17, 15) is 14.7 Å². The quantitative estimate of drug-likeness (QED) is 0.428. The van der Waals surface area contributed by atoms with Crippen LogP contribution in [0.5, 0.6) is 11.5 Å². The highest BCUT2D eigenvalue weighted by Crippen LogP contribution is 2.35. The van der Waals surface area contributed by atoms with Gasteiger partial charge < -0.3 is 24.6 Å². The Kier molecular flexibility index (Phi) is 6.99. The Labute approximate surface area is 151 Å². The first kappa shape index (κ1) is 19.3. The van der Waals surface area contributed by atoms with Gasteiger partial charge in [-0.3, -0.25) is 0 Å². The van der Waals surface area contributed by atoms with E-state index < -0.39 is 12.1 Å². The summed E-state index contributed by atoms with van der Waals surface area (Å²) in [5, 5.41) is 13.8. The van der Waals surface area contributed by atoms with E-state index in [1.807, 2.05) is 0 Å². The van der Waals surface area contributed by atoms with Crippen LogP contribution >= 0.6 is 0 Å². The van der Waals surface area contributed by atoms with Crippen LogP contribution in [0.4, 0.5) is 4.79 Å². The summed E-state index contributed by atoms with van der Waals surface area (Å²) in [6, 6.07) is 8.68. The van der Waals surface area contributed by atoms with Crippen LogP contribution in [0.15, 0.2) is 43.0 Å². The van der Waals surface area contributed by atoms with Crippen LogP contribution < -0.4 is 10.1 Å². The summed E-state index contributed by atoms with van der Waals surface area (Å²) < 4.78 is 15.4. The molecule has 0 bridgehead atoms. The van der Waals surface area contributed by atoms with E-state index >= 15 is 0 Å². The maximum absolute atomic E-state index is 12.0. The lowest BCUT2D eigenvalue weighted by atomic mass is 10.1. The highest BCUT2D eigenvalue weighted by Gasteiger charge is 2.13. The number of aryl methyl sites for hydroxylation is 1. The molecular weight excluding hydrogens is 338 g/mol. The fraction of sp³-hybridized carbons (Fsp3) is 0.263. The van der Waals surface area contributed by atoms with Gasteiger partial charge in [-0.1, -0.05) is 30.8 Å². The second-order valence-corrected chi connectivity index (χ2v) is 5.39. The molecule has 26 heavy (non-hydrogen) atoms. The third kappa shape index (κ3) is 5.22. The molecule has 0 spiro atoms. The van der Waals surface area contributed by atoms with Crippen molar-refractivity contribution in [2.45, 2.75) is 6.92 Å². The van der Waals surface area contributed by atoms with Crippen LogP contribution in [0.25, 0.3) is 10.8 Å². The van der Waals surface area contributed by atoms with E-state index in [0.717, 1.165) is 6.08 Å². The number of ether oxygens (including phenoxy) is 3. The number of fused-ring (bicyclic) bond motifs is 1. The summed E-state index contributed by atoms with van der Waals surface area (Å²) in [6.45, 7) is 5.86. The second kappa shape index (κ2) is 9.43. The lowest BCUT2D eigenvalue weighted by molar-refractivity contribution is -0.139. The molecule has 7 nitrogen and oxygen atoms in total. The maximum atomic E-state index is 12.0. The molecule has 0 fully saturated rings. The Morgan fingerprint density at radius 2 is 1.92 bits per heavy atom. The molecule has 2 rings (SSSR count). The van der Waals surface area contributed by atoms with Gasteiger partial charge in [0.25, 0.3) is 0 Å². The van der Waals surface area contributed by atoms with Crippen molar-refractivity contribution in [1.82, 2.24) is 5.32 Å². The summed E-state index contributed by atoms with van der Waals surface area (Å²) in [4.78, 5) is 22.8. The first-order chi connectivity index (χ1) is 12.5. The summed E-state index contributed by atoms with van der Waals surface area (Å²) in [7, 11) is 0. The Morgan fingerprint density at radius 3 is 2.65 bits per heavy atom. The number of rotatable bonds is 8. The van der Waals surface area contributed by atoms with Crippen LogP contribution in [0.3, 0.4) is 0 Å². The molecule has 0 aliphatic heterocycles. The minimum absolute atomic E-state index is 0.119. The van der Waals surface area contributed by atoms with Gasteiger partial charge >= 0.3 is 12.1 Å². The van der Waals surface area contributed by atoms with E-state index in [4.69, 9.17) is 14.2 Å². The normalized spacial score (nSPS) is 10.3. The number of benzene rings is 2. The SMILES string of the molecule is C=CC(=O)OCCOCCNC(=O)Oc1c(C)cc(O)c2ccccc12. The maximum Gasteiger partial charge on any atom is 0.412 e. The predicted molar refractivity (Wildman–Crippen MR) is 96.4 cm³/mol. The van der Waals surface area contributed by atoms with Gasteiger partial charge in [0.2, 0.25) is 0 Å². The van der Waals surface area contributed by atoms with Crippen molar-refractivity contribution >= 4 is 22.8 Å². The Balaban J connectivity index is 1.81. The molecule has 0 atom stereocenters. The Bertz CT molecular complexity index is 802. The molecule has 1 amide bonds. The standard InChI is InChI=1S/C19H21NO6/c1-3-17(22)25-11-10-24-9-8-20-19(23)26-18-13(2)12-16(21)14-6-4-5-7-15(14)18/h3-7,12,21H,1,8-11H2,2H3,(H,20,23). The number of amides is 1. The van der Waals surface area contributed by atoms with Crippen molar-refractivity contribution in [2.24, 2.45) is 0 Å². The van der Waals surface area contributed by atoms with Gasteiger partial charge in [0.1, 0.15) is 18.1 Å². The van der Waals surface area contributed by atoms with Crippen molar-refractivity contribution < 1.29 is 28.9 Å². The van der Waals surface area contributed by atoms with Gasteiger partial charge in [-0.25, -0.2) is 9.59 Å². The third-order valence-corrected chi connectivity index (χ3v) is 3.51. The van der Waals surface area contributed by atoms with E-state index in [-0.39, 0.29) is 32.1 Å². The zero-order valence-electron chi connectivity index (χ0n) is 14.5. The average Bonchev–Trinajstić information content (AvgIpc) is 2.64. The van der Waals surface area contributed by atoms with Crippen molar-refractivity contribution in [1.29, 1.82) is 0 Å². The molecule has 0 saturated heterocycles. The zero-order chi connectivity index (χ0) is 18.9. The van der Waals surface area contributed by atoms with Gasteiger partial charge in [-0.15, -0.1) is 0 Å². The summed E-state index contributed by atoms with van der Waals surface area (Å²) in [5.74, 6) is 0.0244. The number of carbonyl (C=O) groups is 2. The molecule has 0 aliphatic carbocycles. The zero-order valence-corrected chi connectivity index (χ0v) is 14.5. The van der Waals surface area contributed by atoms with Crippen molar-refractivity contribution in [3.8, 4) is 11.5 Å². The van der Waals surface area contributed by atoms with E-state index in [0.29, 0.717) is 22.1 Å². The van der Waals surface area contributed by atoms with Gasteiger partial charge in [-0.05, 0) is 18.6 Å². The van der Waals surface area contributed by atoms with Gasteiger partial charge in [0.05, 0.1) is 13.2 Å². The molecule has 138 valence electrons. The molecular formula is C19H21NO6. The topological polar surface area (TPSA) is 94.1 Å². The summed E-state index contributed by atoms with van der Waals surface area (Å²) in [6.07, 6.45) is 0.456. The number of hydrogen-bond donors (Lipinski definition) is 2. The highest BCUT2D eigenvalue weighted by molar-refractivity contribution is 5.95.